The topological polar surface area (TPSA) is 35.5 Å². The Morgan fingerprint density at radius 1 is 0.677 bits per heavy atom. The van der Waals surface area contributed by atoms with Gasteiger partial charge >= 0.3 is 7.60 Å². The predicted molar refractivity (Wildman–Crippen MR) is 134 cm³/mol. The van der Waals surface area contributed by atoms with E-state index in [9.17, 15) is 4.57 Å². The summed E-state index contributed by atoms with van der Waals surface area (Å²) in [7, 11) is -3.13. The fourth-order valence-electron chi connectivity index (χ4n) is 4.08. The zero-order valence-electron chi connectivity index (χ0n) is 19.8. The Morgan fingerprint density at radius 3 is 1.84 bits per heavy atom. The molecule has 0 bridgehead atoms. The molecule has 0 saturated carbocycles. The molecule has 0 spiro atoms. The lowest BCUT2D eigenvalue weighted by atomic mass is 10.1. The summed E-state index contributed by atoms with van der Waals surface area (Å²) in [6.07, 6.45) is 17.4. The molecule has 174 valence electrons. The van der Waals surface area contributed by atoms with Crippen LogP contribution in [-0.2, 0) is 9.09 Å². The smallest absolute Gasteiger partial charge is 0.379 e. The molecule has 0 amide bonds. The summed E-state index contributed by atoms with van der Waals surface area (Å²) in [6.45, 7) is 4.55. The van der Waals surface area contributed by atoms with Crippen molar-refractivity contribution in [2.24, 2.45) is 0 Å². The van der Waals surface area contributed by atoms with Crippen LogP contribution < -0.4 is 4.52 Å². The summed E-state index contributed by atoms with van der Waals surface area (Å²) in [6, 6.07) is 13.9. The van der Waals surface area contributed by atoms with Crippen LogP contribution in [0.4, 0.5) is 0 Å². The minimum absolute atomic E-state index is 0.403. The molecule has 0 saturated heterocycles. The van der Waals surface area contributed by atoms with Crippen molar-refractivity contribution in [3.8, 4) is 5.75 Å². The quantitative estimate of drug-likeness (QED) is 0.169. The van der Waals surface area contributed by atoms with Gasteiger partial charge in [-0.3, -0.25) is 0 Å². The van der Waals surface area contributed by atoms with Gasteiger partial charge in [-0.1, -0.05) is 120 Å². The van der Waals surface area contributed by atoms with E-state index in [4.69, 9.17) is 9.05 Å². The van der Waals surface area contributed by atoms with Gasteiger partial charge in [0.25, 0.3) is 0 Å². The van der Waals surface area contributed by atoms with E-state index in [0.717, 1.165) is 23.6 Å². The molecule has 0 aliphatic rings. The third-order valence-electron chi connectivity index (χ3n) is 5.85. The van der Waals surface area contributed by atoms with Crippen LogP contribution in [0.1, 0.15) is 97.3 Å². The SMILES string of the molecule is CCCCCCCCCCCCCCCP(=O)(OCC)Oc1cccc2ccccc12. The second-order valence-corrected chi connectivity index (χ2v) is 10.7. The van der Waals surface area contributed by atoms with Gasteiger partial charge in [-0.15, -0.1) is 0 Å². The Balaban J connectivity index is 1.64. The molecule has 0 aliphatic heterocycles. The van der Waals surface area contributed by atoms with Gasteiger partial charge in [-0.05, 0) is 24.8 Å². The van der Waals surface area contributed by atoms with Crippen LogP contribution in [-0.4, -0.2) is 12.8 Å². The first-order chi connectivity index (χ1) is 15.2. The third-order valence-corrected chi connectivity index (χ3v) is 7.84. The second kappa shape index (κ2) is 15.5. The van der Waals surface area contributed by atoms with Crippen molar-refractivity contribution in [2.45, 2.75) is 97.3 Å². The van der Waals surface area contributed by atoms with Gasteiger partial charge in [-0.25, -0.2) is 4.57 Å². The van der Waals surface area contributed by atoms with Crippen molar-refractivity contribution >= 4 is 18.4 Å². The standard InChI is InChI=1S/C27H43O3P/c1-3-5-6-7-8-9-10-11-12-13-14-15-18-24-31(28,29-4-2)30-27-23-19-21-25-20-16-17-22-26(25)27/h16-17,19-23H,3-15,18,24H2,1-2H3. The van der Waals surface area contributed by atoms with Gasteiger partial charge in [0.2, 0.25) is 0 Å². The van der Waals surface area contributed by atoms with Crippen molar-refractivity contribution in [3.63, 3.8) is 0 Å². The van der Waals surface area contributed by atoms with E-state index in [-0.39, 0.29) is 0 Å². The monoisotopic (exact) mass is 446 g/mol. The lowest BCUT2D eigenvalue weighted by Crippen LogP contribution is -2.03. The molecule has 0 N–H and O–H groups in total. The molecule has 0 fully saturated rings. The Kier molecular flexibility index (Phi) is 13.0. The van der Waals surface area contributed by atoms with E-state index in [1.807, 2.05) is 49.4 Å². The van der Waals surface area contributed by atoms with E-state index >= 15 is 0 Å². The lowest BCUT2D eigenvalue weighted by molar-refractivity contribution is 0.279. The van der Waals surface area contributed by atoms with Crippen molar-refractivity contribution < 1.29 is 13.6 Å². The Hall–Kier alpha value is -1.31. The molecule has 2 aromatic rings. The molecule has 0 radical (unpaired) electrons. The molecule has 3 nitrogen and oxygen atoms in total. The molecule has 4 heteroatoms. The maximum absolute atomic E-state index is 13.3. The summed E-state index contributed by atoms with van der Waals surface area (Å²) >= 11 is 0. The van der Waals surface area contributed by atoms with Crippen LogP contribution in [0.25, 0.3) is 10.8 Å². The number of hydrogen-bond acceptors (Lipinski definition) is 3. The molecule has 1 unspecified atom stereocenters. The fourth-order valence-corrected chi connectivity index (χ4v) is 5.82. The zero-order valence-corrected chi connectivity index (χ0v) is 20.7. The highest BCUT2D eigenvalue weighted by Crippen LogP contribution is 2.50. The summed E-state index contributed by atoms with van der Waals surface area (Å²) in [5.74, 6) is 0.657. The van der Waals surface area contributed by atoms with Crippen molar-refractivity contribution in [2.75, 3.05) is 12.8 Å². The van der Waals surface area contributed by atoms with Crippen molar-refractivity contribution in [1.29, 1.82) is 0 Å². The van der Waals surface area contributed by atoms with Gasteiger partial charge in [-0.2, -0.15) is 0 Å². The maximum Gasteiger partial charge on any atom is 0.379 e. The highest BCUT2D eigenvalue weighted by molar-refractivity contribution is 7.54. The minimum atomic E-state index is -3.13. The molecular formula is C27H43O3P. The van der Waals surface area contributed by atoms with Crippen LogP contribution in [0.5, 0.6) is 5.75 Å². The highest BCUT2D eigenvalue weighted by Gasteiger charge is 2.25. The number of benzene rings is 2. The first-order valence-electron chi connectivity index (χ1n) is 12.6. The number of fused-ring (bicyclic) bond motifs is 1. The zero-order chi connectivity index (χ0) is 22.2. The average Bonchev–Trinajstić information content (AvgIpc) is 2.77. The van der Waals surface area contributed by atoms with Crippen LogP contribution in [0, 0.1) is 0 Å². The van der Waals surface area contributed by atoms with E-state index < -0.39 is 7.60 Å². The second-order valence-electron chi connectivity index (χ2n) is 8.56. The largest absolute Gasteiger partial charge is 0.424 e. The highest BCUT2D eigenvalue weighted by atomic mass is 31.2. The molecule has 1 atom stereocenters. The normalized spacial score (nSPS) is 13.4. The van der Waals surface area contributed by atoms with Crippen LogP contribution in [0.3, 0.4) is 0 Å². The van der Waals surface area contributed by atoms with Crippen molar-refractivity contribution in [1.82, 2.24) is 0 Å². The molecule has 0 aromatic heterocycles. The molecule has 31 heavy (non-hydrogen) atoms. The first kappa shape index (κ1) is 25.9. The number of unbranched alkanes of at least 4 members (excludes halogenated alkanes) is 12. The fraction of sp³-hybridized carbons (Fsp3) is 0.630. The van der Waals surface area contributed by atoms with Gasteiger partial charge in [0.1, 0.15) is 5.75 Å². The van der Waals surface area contributed by atoms with E-state index in [2.05, 4.69) is 6.92 Å². The Labute approximate surface area is 190 Å². The molecule has 2 rings (SSSR count). The van der Waals surface area contributed by atoms with E-state index in [1.165, 1.54) is 70.6 Å². The Bertz CT molecular complexity index is 769. The molecule has 0 heterocycles. The van der Waals surface area contributed by atoms with Crippen LogP contribution in [0.2, 0.25) is 0 Å². The third kappa shape index (κ3) is 10.2. The van der Waals surface area contributed by atoms with Crippen molar-refractivity contribution in [3.05, 3.63) is 42.5 Å². The molecule has 2 aromatic carbocycles. The van der Waals surface area contributed by atoms with Gasteiger partial charge in [0.05, 0.1) is 12.8 Å². The summed E-state index contributed by atoms with van der Waals surface area (Å²) in [4.78, 5) is 0. The van der Waals surface area contributed by atoms with Gasteiger partial charge in [0.15, 0.2) is 0 Å². The summed E-state index contributed by atoms with van der Waals surface area (Å²) < 4.78 is 24.9. The molecule has 0 aliphatic carbocycles. The van der Waals surface area contributed by atoms with Gasteiger partial charge in [0, 0.05) is 5.39 Å². The van der Waals surface area contributed by atoms with Crippen LogP contribution >= 0.6 is 7.60 Å². The van der Waals surface area contributed by atoms with E-state index in [1.54, 1.807) is 0 Å². The van der Waals surface area contributed by atoms with Crippen LogP contribution in [0.15, 0.2) is 42.5 Å². The minimum Gasteiger partial charge on any atom is -0.424 e. The first-order valence-corrected chi connectivity index (χ1v) is 14.3. The Morgan fingerprint density at radius 2 is 1.23 bits per heavy atom. The average molecular weight is 447 g/mol. The number of hydrogen-bond donors (Lipinski definition) is 0. The predicted octanol–water partition coefficient (Wildman–Crippen LogP) is 9.54. The summed E-state index contributed by atoms with van der Waals surface area (Å²) in [5.41, 5.74) is 0. The van der Waals surface area contributed by atoms with E-state index in [0.29, 0.717) is 18.5 Å². The number of rotatable bonds is 18. The maximum atomic E-state index is 13.3. The lowest BCUT2D eigenvalue weighted by Gasteiger charge is -2.19. The molecular weight excluding hydrogens is 403 g/mol. The van der Waals surface area contributed by atoms with Gasteiger partial charge < -0.3 is 9.05 Å². The summed E-state index contributed by atoms with van der Waals surface area (Å²) in [5, 5.41) is 2.07.